The first-order valence-corrected chi connectivity index (χ1v) is 9.29. The minimum atomic E-state index is 0.169. The molecule has 1 aromatic heterocycles. The summed E-state index contributed by atoms with van der Waals surface area (Å²) in [5.41, 5.74) is 3.56. The van der Waals surface area contributed by atoms with E-state index in [0.717, 1.165) is 36.2 Å². The van der Waals surface area contributed by atoms with Crippen molar-refractivity contribution in [3.63, 3.8) is 0 Å². The minimum Gasteiger partial charge on any atom is -0.340 e. The average molecular weight is 338 g/mol. The van der Waals surface area contributed by atoms with Crippen LogP contribution < -0.4 is 10.2 Å². The van der Waals surface area contributed by atoms with E-state index in [1.54, 1.807) is 0 Å². The zero-order chi connectivity index (χ0) is 18.0. The van der Waals surface area contributed by atoms with Crippen LogP contribution in [0.2, 0.25) is 0 Å². The number of nitrogens with zero attached hydrogens (tertiary/aromatic N) is 3. The van der Waals surface area contributed by atoms with Crippen LogP contribution in [0, 0.1) is 12.8 Å². The van der Waals surface area contributed by atoms with Crippen molar-refractivity contribution in [2.75, 3.05) is 23.3 Å². The minimum absolute atomic E-state index is 0.169. The molecule has 4 nitrogen and oxygen atoms in total. The van der Waals surface area contributed by atoms with Crippen LogP contribution in [0.5, 0.6) is 0 Å². The maximum absolute atomic E-state index is 4.76. The van der Waals surface area contributed by atoms with E-state index in [0.29, 0.717) is 5.92 Å². The molecule has 0 amide bonds. The lowest BCUT2D eigenvalue weighted by Crippen LogP contribution is -2.35. The van der Waals surface area contributed by atoms with Gasteiger partial charge in [0.05, 0.1) is 0 Å². The number of rotatable bonds is 3. The number of hydrogen-bond acceptors (Lipinski definition) is 4. The first-order chi connectivity index (χ1) is 11.8. The number of piperidine rings is 1. The standard InChI is InChI=1S/C21H30N4/c1-15-7-6-12-25(14-15)20-22-16(2)13-19(24-20)23-18-10-8-17(9-11-18)21(3,4)5/h8-11,13,15H,6-7,12,14H2,1-5H3,(H,22,23,24). The summed E-state index contributed by atoms with van der Waals surface area (Å²) in [5, 5.41) is 3.44. The van der Waals surface area contributed by atoms with Crippen molar-refractivity contribution >= 4 is 17.5 Å². The van der Waals surface area contributed by atoms with Crippen LogP contribution in [0.25, 0.3) is 0 Å². The van der Waals surface area contributed by atoms with Crippen LogP contribution in [0.4, 0.5) is 17.5 Å². The van der Waals surface area contributed by atoms with Crippen molar-refractivity contribution in [3.8, 4) is 0 Å². The number of nitrogens with one attached hydrogen (secondary N) is 1. The molecule has 0 radical (unpaired) electrons. The SMILES string of the molecule is Cc1cc(Nc2ccc(C(C)(C)C)cc2)nc(N2CCCC(C)C2)n1. The Morgan fingerprint density at radius 3 is 2.48 bits per heavy atom. The lowest BCUT2D eigenvalue weighted by Gasteiger charge is -2.31. The van der Waals surface area contributed by atoms with Crippen molar-refractivity contribution in [1.82, 2.24) is 9.97 Å². The smallest absolute Gasteiger partial charge is 0.227 e. The molecule has 1 aliphatic rings. The molecule has 2 aromatic rings. The normalized spacial score (nSPS) is 18.3. The summed E-state index contributed by atoms with van der Waals surface area (Å²) < 4.78 is 0. The fourth-order valence-corrected chi connectivity index (χ4v) is 3.33. The molecule has 4 heteroatoms. The maximum atomic E-state index is 4.76. The summed E-state index contributed by atoms with van der Waals surface area (Å²) in [5.74, 6) is 2.42. The van der Waals surface area contributed by atoms with E-state index in [4.69, 9.17) is 4.98 Å². The van der Waals surface area contributed by atoms with E-state index < -0.39 is 0 Å². The zero-order valence-electron chi connectivity index (χ0n) is 16.1. The van der Waals surface area contributed by atoms with Crippen molar-refractivity contribution in [3.05, 3.63) is 41.6 Å². The zero-order valence-corrected chi connectivity index (χ0v) is 16.1. The molecule has 25 heavy (non-hydrogen) atoms. The highest BCUT2D eigenvalue weighted by Crippen LogP contribution is 2.26. The highest BCUT2D eigenvalue weighted by molar-refractivity contribution is 5.58. The highest BCUT2D eigenvalue weighted by Gasteiger charge is 2.19. The van der Waals surface area contributed by atoms with E-state index in [1.165, 1.54) is 18.4 Å². The van der Waals surface area contributed by atoms with Crippen LogP contribution in [-0.4, -0.2) is 23.1 Å². The molecule has 1 fully saturated rings. The molecule has 0 aliphatic carbocycles. The van der Waals surface area contributed by atoms with Gasteiger partial charge in [-0.05, 0) is 48.8 Å². The Labute approximate surface area is 151 Å². The fourth-order valence-electron chi connectivity index (χ4n) is 3.33. The predicted octanol–water partition coefficient (Wildman–Crippen LogP) is 5.06. The summed E-state index contributed by atoms with van der Waals surface area (Å²) in [6.45, 7) is 13.1. The third-order valence-electron chi connectivity index (χ3n) is 4.81. The van der Waals surface area contributed by atoms with Crippen LogP contribution >= 0.6 is 0 Å². The monoisotopic (exact) mass is 338 g/mol. The fraction of sp³-hybridized carbons (Fsp3) is 0.524. The Kier molecular flexibility index (Phi) is 4.98. The predicted molar refractivity (Wildman–Crippen MR) is 106 cm³/mol. The third kappa shape index (κ3) is 4.50. The summed E-state index contributed by atoms with van der Waals surface area (Å²) in [4.78, 5) is 11.7. The first-order valence-electron chi connectivity index (χ1n) is 9.29. The van der Waals surface area contributed by atoms with E-state index in [9.17, 15) is 0 Å². The van der Waals surface area contributed by atoms with Crippen molar-refractivity contribution < 1.29 is 0 Å². The molecular weight excluding hydrogens is 308 g/mol. The lowest BCUT2D eigenvalue weighted by atomic mass is 9.87. The molecule has 0 bridgehead atoms. The second kappa shape index (κ2) is 7.03. The van der Waals surface area contributed by atoms with Gasteiger partial charge >= 0.3 is 0 Å². The topological polar surface area (TPSA) is 41.1 Å². The molecule has 1 N–H and O–H groups in total. The van der Waals surface area contributed by atoms with Gasteiger partial charge in [0.1, 0.15) is 5.82 Å². The summed E-state index contributed by atoms with van der Waals surface area (Å²) in [7, 11) is 0. The van der Waals surface area contributed by atoms with Crippen molar-refractivity contribution in [2.24, 2.45) is 5.92 Å². The van der Waals surface area contributed by atoms with E-state index in [-0.39, 0.29) is 5.41 Å². The summed E-state index contributed by atoms with van der Waals surface area (Å²) in [6, 6.07) is 10.6. The quantitative estimate of drug-likeness (QED) is 0.849. The summed E-state index contributed by atoms with van der Waals surface area (Å²) in [6.07, 6.45) is 2.52. The van der Waals surface area contributed by atoms with Gasteiger partial charge in [-0.25, -0.2) is 4.98 Å². The largest absolute Gasteiger partial charge is 0.340 e. The van der Waals surface area contributed by atoms with Gasteiger partial charge in [-0.1, -0.05) is 39.8 Å². The number of benzene rings is 1. The van der Waals surface area contributed by atoms with E-state index in [2.05, 4.69) is 67.2 Å². The molecule has 0 saturated carbocycles. The molecule has 2 heterocycles. The van der Waals surface area contributed by atoms with Crippen LogP contribution in [-0.2, 0) is 5.41 Å². The van der Waals surface area contributed by atoms with E-state index >= 15 is 0 Å². The Morgan fingerprint density at radius 2 is 1.84 bits per heavy atom. The molecule has 1 aliphatic heterocycles. The third-order valence-corrected chi connectivity index (χ3v) is 4.81. The molecule has 1 saturated heterocycles. The second-order valence-corrected chi connectivity index (χ2v) is 8.34. The van der Waals surface area contributed by atoms with Crippen molar-refractivity contribution in [2.45, 2.75) is 52.9 Å². The summed E-state index contributed by atoms with van der Waals surface area (Å²) >= 11 is 0. The Balaban J connectivity index is 1.78. The number of hydrogen-bond donors (Lipinski definition) is 1. The van der Waals surface area contributed by atoms with Crippen molar-refractivity contribution in [1.29, 1.82) is 0 Å². The molecule has 0 spiro atoms. The van der Waals surface area contributed by atoms with Gasteiger partial charge in [-0.15, -0.1) is 0 Å². The van der Waals surface area contributed by atoms with Gasteiger partial charge in [0, 0.05) is 30.5 Å². The Morgan fingerprint density at radius 1 is 1.12 bits per heavy atom. The average Bonchev–Trinajstić information content (AvgIpc) is 2.54. The molecule has 1 aromatic carbocycles. The number of aromatic nitrogens is 2. The van der Waals surface area contributed by atoms with Gasteiger partial charge in [-0.2, -0.15) is 4.98 Å². The highest BCUT2D eigenvalue weighted by atomic mass is 15.3. The lowest BCUT2D eigenvalue weighted by molar-refractivity contribution is 0.442. The van der Waals surface area contributed by atoms with Crippen LogP contribution in [0.15, 0.2) is 30.3 Å². The number of anilines is 3. The molecular formula is C21H30N4. The molecule has 1 atom stereocenters. The van der Waals surface area contributed by atoms with Crippen LogP contribution in [0.1, 0.15) is 51.8 Å². The second-order valence-electron chi connectivity index (χ2n) is 8.34. The van der Waals surface area contributed by atoms with Crippen LogP contribution in [0.3, 0.4) is 0 Å². The number of aryl methyl sites for hydroxylation is 1. The first kappa shape index (κ1) is 17.7. The van der Waals surface area contributed by atoms with Gasteiger partial charge in [0.25, 0.3) is 0 Å². The maximum Gasteiger partial charge on any atom is 0.227 e. The Hall–Kier alpha value is -2.10. The Bertz CT molecular complexity index is 716. The molecule has 1 unspecified atom stereocenters. The molecule has 134 valence electrons. The van der Waals surface area contributed by atoms with Gasteiger partial charge in [0.15, 0.2) is 0 Å². The van der Waals surface area contributed by atoms with E-state index in [1.807, 2.05) is 13.0 Å². The van der Waals surface area contributed by atoms with Gasteiger partial charge in [0.2, 0.25) is 5.95 Å². The van der Waals surface area contributed by atoms with Gasteiger partial charge < -0.3 is 10.2 Å². The van der Waals surface area contributed by atoms with Gasteiger partial charge in [-0.3, -0.25) is 0 Å². The molecule has 3 rings (SSSR count).